The Balaban J connectivity index is 1.37. The number of hydrogen-bond donors (Lipinski definition) is 1. The molecule has 0 spiro atoms. The number of rotatable bonds is 7. The molecule has 1 fully saturated rings. The second-order valence-electron chi connectivity index (χ2n) is 6.63. The summed E-state index contributed by atoms with van der Waals surface area (Å²) in [6.07, 6.45) is 3.22. The maximum Gasteiger partial charge on any atom is 0.314 e. The van der Waals surface area contributed by atoms with Gasteiger partial charge in [-0.05, 0) is 48.7 Å². The number of carbonyl (C=O) groups is 2. The number of carbonyl (C=O) groups excluding carboxylic acids is 2. The Kier molecular flexibility index (Phi) is 5.19. The molecule has 9 nitrogen and oxygen atoms in total. The minimum Gasteiger partial charge on any atom is -0.493 e. The van der Waals surface area contributed by atoms with Crippen LogP contribution in [0.1, 0.15) is 18.4 Å². The van der Waals surface area contributed by atoms with E-state index < -0.39 is 0 Å². The summed E-state index contributed by atoms with van der Waals surface area (Å²) in [7, 11) is 1.49. The van der Waals surface area contributed by atoms with Gasteiger partial charge in [-0.2, -0.15) is 5.10 Å². The fourth-order valence-electron chi connectivity index (χ4n) is 2.74. The predicted molar refractivity (Wildman–Crippen MR) is 105 cm³/mol. The third kappa shape index (κ3) is 4.40. The second-order valence-corrected chi connectivity index (χ2v) is 6.63. The van der Waals surface area contributed by atoms with Gasteiger partial charge in [0, 0.05) is 0 Å². The van der Waals surface area contributed by atoms with E-state index in [0.29, 0.717) is 17.1 Å². The minimum absolute atomic E-state index is 0.00161. The lowest BCUT2D eigenvalue weighted by Crippen LogP contribution is -2.23. The molecule has 0 radical (unpaired) electrons. The van der Waals surface area contributed by atoms with Crippen LogP contribution < -0.4 is 14.9 Å². The van der Waals surface area contributed by atoms with E-state index in [1.807, 2.05) is 24.3 Å². The molecule has 1 aliphatic carbocycles. The van der Waals surface area contributed by atoms with E-state index in [9.17, 15) is 9.59 Å². The number of aromatic nitrogens is 3. The molecule has 9 heteroatoms. The molecule has 0 unspecified atom stereocenters. The van der Waals surface area contributed by atoms with E-state index in [-0.39, 0.29) is 24.3 Å². The highest BCUT2D eigenvalue weighted by Crippen LogP contribution is 2.34. The van der Waals surface area contributed by atoms with Crippen LogP contribution in [0.4, 0.5) is 0 Å². The number of para-hydroxylation sites is 1. The van der Waals surface area contributed by atoms with Crippen molar-refractivity contribution in [1.82, 2.24) is 20.4 Å². The van der Waals surface area contributed by atoms with Crippen LogP contribution in [-0.2, 0) is 16.1 Å². The molecule has 0 bridgehead atoms. The molecule has 0 aliphatic heterocycles. The molecule has 1 saturated carbocycles. The summed E-state index contributed by atoms with van der Waals surface area (Å²) in [4.78, 5) is 23.9. The molecule has 0 atom stereocenters. The van der Waals surface area contributed by atoms with Gasteiger partial charge in [-0.3, -0.25) is 9.59 Å². The fraction of sp³-hybridized carbons (Fsp3) is 0.250. The van der Waals surface area contributed by atoms with E-state index in [0.717, 1.165) is 23.9 Å². The van der Waals surface area contributed by atoms with Gasteiger partial charge >= 0.3 is 5.97 Å². The Morgan fingerprint density at radius 1 is 1.24 bits per heavy atom. The Hall–Kier alpha value is -3.75. The molecule has 4 rings (SSSR count). The standard InChI is InChI=1S/C20H19N5O4/c1-28-18-10-13(6-9-17(18)29-20(27)14-7-8-14)11-21-23-19(26)12-25-16-5-3-2-4-15(16)22-24-25/h2-6,9-11,14H,7-8,12H2,1H3,(H,23,26)/b21-11-. The highest BCUT2D eigenvalue weighted by atomic mass is 16.6. The number of nitrogens with zero attached hydrogens (tertiary/aromatic N) is 4. The van der Waals surface area contributed by atoms with Crippen molar-refractivity contribution in [2.75, 3.05) is 7.11 Å². The summed E-state index contributed by atoms with van der Waals surface area (Å²) in [5.41, 5.74) is 4.63. The zero-order valence-electron chi connectivity index (χ0n) is 15.7. The summed E-state index contributed by atoms with van der Waals surface area (Å²) < 4.78 is 12.1. The van der Waals surface area contributed by atoms with Crippen molar-refractivity contribution in [3.05, 3.63) is 48.0 Å². The number of fused-ring (bicyclic) bond motifs is 1. The summed E-state index contributed by atoms with van der Waals surface area (Å²) in [6, 6.07) is 12.4. The topological polar surface area (TPSA) is 108 Å². The van der Waals surface area contributed by atoms with E-state index in [4.69, 9.17) is 9.47 Å². The van der Waals surface area contributed by atoms with Crippen LogP contribution in [-0.4, -0.2) is 40.2 Å². The van der Waals surface area contributed by atoms with Crippen LogP contribution in [0.5, 0.6) is 11.5 Å². The Morgan fingerprint density at radius 3 is 2.86 bits per heavy atom. The molecule has 1 heterocycles. The van der Waals surface area contributed by atoms with Crippen molar-refractivity contribution < 1.29 is 19.1 Å². The van der Waals surface area contributed by atoms with Gasteiger partial charge in [0.05, 0.1) is 24.8 Å². The summed E-state index contributed by atoms with van der Waals surface area (Å²) >= 11 is 0. The van der Waals surface area contributed by atoms with Gasteiger partial charge in [-0.25, -0.2) is 10.1 Å². The van der Waals surface area contributed by atoms with Crippen LogP contribution in [0, 0.1) is 5.92 Å². The number of nitrogens with one attached hydrogen (secondary N) is 1. The number of esters is 1. The van der Waals surface area contributed by atoms with E-state index >= 15 is 0 Å². The molecule has 29 heavy (non-hydrogen) atoms. The smallest absolute Gasteiger partial charge is 0.314 e. The molecule has 1 aromatic heterocycles. The van der Waals surface area contributed by atoms with Crippen LogP contribution >= 0.6 is 0 Å². The zero-order chi connectivity index (χ0) is 20.2. The first-order valence-electron chi connectivity index (χ1n) is 9.14. The van der Waals surface area contributed by atoms with Gasteiger partial charge in [-0.1, -0.05) is 17.3 Å². The average Bonchev–Trinajstić information content (AvgIpc) is 3.51. The summed E-state index contributed by atoms with van der Waals surface area (Å²) in [5.74, 6) is 0.210. The molecule has 148 valence electrons. The third-order valence-corrected chi connectivity index (χ3v) is 4.43. The monoisotopic (exact) mass is 393 g/mol. The fourth-order valence-corrected chi connectivity index (χ4v) is 2.74. The van der Waals surface area contributed by atoms with Gasteiger partial charge < -0.3 is 9.47 Å². The van der Waals surface area contributed by atoms with E-state index in [1.165, 1.54) is 18.0 Å². The predicted octanol–water partition coefficient (Wildman–Crippen LogP) is 1.91. The van der Waals surface area contributed by atoms with Crippen molar-refractivity contribution in [2.45, 2.75) is 19.4 Å². The zero-order valence-corrected chi connectivity index (χ0v) is 15.7. The summed E-state index contributed by atoms with van der Waals surface area (Å²) in [6.45, 7) is -0.00275. The lowest BCUT2D eigenvalue weighted by Gasteiger charge is -2.09. The Morgan fingerprint density at radius 2 is 2.07 bits per heavy atom. The van der Waals surface area contributed by atoms with Crippen LogP contribution in [0.3, 0.4) is 0 Å². The first-order chi connectivity index (χ1) is 14.1. The number of ether oxygens (including phenoxy) is 2. The van der Waals surface area contributed by atoms with Gasteiger partial charge in [-0.15, -0.1) is 5.10 Å². The van der Waals surface area contributed by atoms with Crippen molar-refractivity contribution in [3.63, 3.8) is 0 Å². The highest BCUT2D eigenvalue weighted by molar-refractivity contribution is 5.84. The Labute approximate surface area is 166 Å². The lowest BCUT2D eigenvalue weighted by molar-refractivity contribution is -0.135. The van der Waals surface area contributed by atoms with Gasteiger partial charge in [0.2, 0.25) is 0 Å². The van der Waals surface area contributed by atoms with Gasteiger partial charge in [0.1, 0.15) is 12.1 Å². The maximum atomic E-state index is 12.1. The van der Waals surface area contributed by atoms with Crippen LogP contribution in [0.15, 0.2) is 47.6 Å². The number of hydrazone groups is 1. The normalized spacial score (nSPS) is 13.6. The highest BCUT2D eigenvalue weighted by Gasteiger charge is 2.32. The van der Waals surface area contributed by atoms with E-state index in [1.54, 1.807) is 18.2 Å². The maximum absolute atomic E-state index is 12.1. The second kappa shape index (κ2) is 8.09. The first-order valence-corrected chi connectivity index (χ1v) is 9.14. The molecule has 3 aromatic rings. The molecular weight excluding hydrogens is 374 g/mol. The quantitative estimate of drug-likeness (QED) is 0.284. The minimum atomic E-state index is -0.334. The van der Waals surface area contributed by atoms with Gasteiger partial charge in [0.25, 0.3) is 5.91 Å². The molecule has 1 N–H and O–H groups in total. The molecular formula is C20H19N5O4. The molecule has 1 aliphatic rings. The van der Waals surface area contributed by atoms with Crippen molar-refractivity contribution in [3.8, 4) is 11.5 Å². The SMILES string of the molecule is COc1cc(/C=N\NC(=O)Cn2nnc3ccccc32)ccc1OC(=O)C1CC1. The largest absolute Gasteiger partial charge is 0.493 e. The number of amides is 1. The Bertz CT molecular complexity index is 1090. The van der Waals surface area contributed by atoms with Crippen molar-refractivity contribution in [2.24, 2.45) is 11.0 Å². The average molecular weight is 393 g/mol. The number of benzene rings is 2. The molecule has 1 amide bonds. The van der Waals surface area contributed by atoms with Crippen molar-refractivity contribution >= 4 is 29.1 Å². The third-order valence-electron chi connectivity index (χ3n) is 4.43. The van der Waals surface area contributed by atoms with E-state index in [2.05, 4.69) is 20.8 Å². The lowest BCUT2D eigenvalue weighted by atomic mass is 10.2. The van der Waals surface area contributed by atoms with Crippen LogP contribution in [0.2, 0.25) is 0 Å². The number of hydrogen-bond acceptors (Lipinski definition) is 7. The number of methoxy groups -OCH3 is 1. The molecule has 2 aromatic carbocycles. The van der Waals surface area contributed by atoms with Crippen LogP contribution in [0.25, 0.3) is 11.0 Å². The molecule has 0 saturated heterocycles. The first kappa shape index (κ1) is 18.6. The van der Waals surface area contributed by atoms with Crippen molar-refractivity contribution in [1.29, 1.82) is 0 Å². The summed E-state index contributed by atoms with van der Waals surface area (Å²) in [5, 5.41) is 11.9. The van der Waals surface area contributed by atoms with Gasteiger partial charge in [0.15, 0.2) is 11.5 Å².